The van der Waals surface area contributed by atoms with E-state index in [1.54, 1.807) is 18.2 Å². The Bertz CT molecular complexity index is 1290. The van der Waals surface area contributed by atoms with Gasteiger partial charge in [-0.2, -0.15) is 0 Å². The van der Waals surface area contributed by atoms with Gasteiger partial charge >= 0.3 is 5.97 Å². The molecule has 7 rings (SSSR count). The number of rotatable bonds is 2. The molecule has 2 amide bonds. The zero-order valence-corrected chi connectivity index (χ0v) is 17.9. The van der Waals surface area contributed by atoms with Gasteiger partial charge < -0.3 is 4.74 Å². The lowest BCUT2D eigenvalue weighted by molar-refractivity contribution is -0.132. The minimum absolute atomic E-state index is 0.244. The number of hydrogen-bond donors (Lipinski definition) is 0. The molecule has 0 aromatic heterocycles. The predicted molar refractivity (Wildman–Crippen MR) is 119 cm³/mol. The summed E-state index contributed by atoms with van der Waals surface area (Å²) in [6.07, 6.45) is 0. The third-order valence-electron chi connectivity index (χ3n) is 6.85. The van der Waals surface area contributed by atoms with Gasteiger partial charge in [0.2, 0.25) is 11.8 Å². The number of ether oxygens (including phenoxy) is 1. The Morgan fingerprint density at radius 1 is 0.906 bits per heavy atom. The van der Waals surface area contributed by atoms with E-state index in [4.69, 9.17) is 16.3 Å². The van der Waals surface area contributed by atoms with Crippen LogP contribution in [0.4, 0.5) is 5.69 Å². The van der Waals surface area contributed by atoms with Gasteiger partial charge in [-0.05, 0) is 34.4 Å². The number of imide groups is 1. The van der Waals surface area contributed by atoms with Crippen LogP contribution in [-0.4, -0.2) is 17.8 Å². The zero-order valence-electron chi connectivity index (χ0n) is 17.1. The number of anilines is 1. The summed E-state index contributed by atoms with van der Waals surface area (Å²) >= 11 is 7.40. The standard InChI is InChI=1S/C26H18ClNO4/c1-14(29)32-16-8-6-7-15(13-16)28-24(30)22-21-17-9-2-4-11-19(17)26(27,23(22)25(28)31)20-12-5-3-10-18(20)21/h2-13,21-23H,1H3/t21?,22-,23-,26?/m0/s1. The Labute approximate surface area is 189 Å². The number of carbonyl (C=O) groups is 3. The molecule has 2 bridgehead atoms. The summed E-state index contributed by atoms with van der Waals surface area (Å²) in [6, 6.07) is 22.1. The molecule has 3 aromatic carbocycles. The van der Waals surface area contributed by atoms with Crippen LogP contribution in [0.15, 0.2) is 72.8 Å². The van der Waals surface area contributed by atoms with E-state index < -0.39 is 22.7 Å². The van der Waals surface area contributed by atoms with Gasteiger partial charge in [0.25, 0.3) is 0 Å². The fraction of sp³-hybridized carbons (Fsp3) is 0.192. The Balaban J connectivity index is 1.54. The summed E-state index contributed by atoms with van der Waals surface area (Å²) < 4.78 is 5.17. The lowest BCUT2D eigenvalue weighted by atomic mass is 9.54. The molecule has 1 saturated heterocycles. The average Bonchev–Trinajstić information content (AvgIpc) is 3.05. The van der Waals surface area contributed by atoms with E-state index in [1.807, 2.05) is 48.5 Å². The van der Waals surface area contributed by atoms with E-state index in [1.165, 1.54) is 17.9 Å². The van der Waals surface area contributed by atoms with Crippen LogP contribution < -0.4 is 9.64 Å². The highest BCUT2D eigenvalue weighted by Crippen LogP contribution is 2.65. The molecule has 0 saturated carbocycles. The first kappa shape index (κ1) is 19.3. The van der Waals surface area contributed by atoms with E-state index in [-0.39, 0.29) is 23.5 Å². The summed E-state index contributed by atoms with van der Waals surface area (Å²) in [6.45, 7) is 1.30. The molecule has 0 N–H and O–H groups in total. The third-order valence-corrected chi connectivity index (χ3v) is 7.49. The fourth-order valence-corrected chi connectivity index (χ4v) is 6.36. The van der Waals surface area contributed by atoms with Gasteiger partial charge in [-0.15, -0.1) is 11.6 Å². The number of alkyl halides is 1. The largest absolute Gasteiger partial charge is 0.427 e. The summed E-state index contributed by atoms with van der Waals surface area (Å²) in [7, 11) is 0. The third kappa shape index (κ3) is 2.32. The first-order valence-electron chi connectivity index (χ1n) is 10.5. The van der Waals surface area contributed by atoms with E-state index in [0.29, 0.717) is 5.69 Å². The average molecular weight is 444 g/mol. The van der Waals surface area contributed by atoms with E-state index in [9.17, 15) is 14.4 Å². The molecule has 32 heavy (non-hydrogen) atoms. The van der Waals surface area contributed by atoms with Crippen LogP contribution in [0.25, 0.3) is 0 Å². The second-order valence-corrected chi connectivity index (χ2v) is 9.07. The highest BCUT2D eigenvalue weighted by Gasteiger charge is 2.68. The molecule has 6 heteroatoms. The second-order valence-electron chi connectivity index (χ2n) is 8.47. The lowest BCUT2D eigenvalue weighted by Gasteiger charge is -2.50. The zero-order chi connectivity index (χ0) is 22.2. The van der Waals surface area contributed by atoms with Crippen molar-refractivity contribution in [2.45, 2.75) is 17.7 Å². The number of halogens is 1. The molecule has 1 aliphatic heterocycles. The van der Waals surface area contributed by atoms with Crippen molar-refractivity contribution in [3.63, 3.8) is 0 Å². The summed E-state index contributed by atoms with van der Waals surface area (Å²) in [5.74, 6) is -2.36. The van der Waals surface area contributed by atoms with Crippen molar-refractivity contribution in [1.82, 2.24) is 0 Å². The molecule has 1 heterocycles. The van der Waals surface area contributed by atoms with Crippen LogP contribution in [0.5, 0.6) is 5.75 Å². The second kappa shape index (κ2) is 6.53. The molecule has 0 unspecified atom stereocenters. The molecule has 1 fully saturated rings. The van der Waals surface area contributed by atoms with Gasteiger partial charge in [0.1, 0.15) is 10.6 Å². The van der Waals surface area contributed by atoms with E-state index >= 15 is 0 Å². The number of esters is 1. The Morgan fingerprint density at radius 2 is 1.53 bits per heavy atom. The summed E-state index contributed by atoms with van der Waals surface area (Å²) in [4.78, 5) is 39.1. The number of hydrogen-bond acceptors (Lipinski definition) is 4. The van der Waals surface area contributed by atoms with Gasteiger partial charge in [-0.1, -0.05) is 54.6 Å². The van der Waals surface area contributed by atoms with Crippen LogP contribution in [0, 0.1) is 11.8 Å². The van der Waals surface area contributed by atoms with Gasteiger partial charge in [0, 0.05) is 18.9 Å². The Hall–Kier alpha value is -3.44. The maximum Gasteiger partial charge on any atom is 0.308 e. The first-order chi connectivity index (χ1) is 15.4. The normalized spacial score (nSPS) is 27.1. The predicted octanol–water partition coefficient (Wildman–Crippen LogP) is 4.36. The Morgan fingerprint density at radius 3 is 2.16 bits per heavy atom. The fourth-order valence-electron chi connectivity index (χ4n) is 5.79. The van der Waals surface area contributed by atoms with Crippen molar-refractivity contribution >= 4 is 35.1 Å². The van der Waals surface area contributed by atoms with Crippen molar-refractivity contribution in [3.8, 4) is 5.75 Å². The van der Waals surface area contributed by atoms with Crippen molar-refractivity contribution in [2.24, 2.45) is 11.8 Å². The molecule has 3 aromatic rings. The highest BCUT2D eigenvalue weighted by molar-refractivity contribution is 6.33. The molecule has 158 valence electrons. The molecule has 0 radical (unpaired) electrons. The van der Waals surface area contributed by atoms with Gasteiger partial charge in [0.05, 0.1) is 17.5 Å². The number of benzene rings is 3. The van der Waals surface area contributed by atoms with Gasteiger partial charge in [-0.3, -0.25) is 14.4 Å². The first-order valence-corrected chi connectivity index (χ1v) is 10.8. The van der Waals surface area contributed by atoms with E-state index in [2.05, 4.69) is 0 Å². The SMILES string of the molecule is CC(=O)Oc1cccc(N2C(=O)[C@@H]3[C@@H](C2=O)C2c4ccccc4C3(Cl)c3ccccc32)c1. The van der Waals surface area contributed by atoms with Gasteiger partial charge in [0.15, 0.2) is 0 Å². The van der Waals surface area contributed by atoms with Crippen molar-refractivity contribution < 1.29 is 19.1 Å². The lowest BCUT2D eigenvalue weighted by Crippen LogP contribution is -2.50. The molecule has 4 aliphatic rings. The maximum absolute atomic E-state index is 13.8. The number of amides is 2. The highest BCUT2D eigenvalue weighted by atomic mass is 35.5. The number of carbonyl (C=O) groups excluding carboxylic acids is 3. The summed E-state index contributed by atoms with van der Waals surface area (Å²) in [5.41, 5.74) is 4.16. The molecular weight excluding hydrogens is 426 g/mol. The summed E-state index contributed by atoms with van der Waals surface area (Å²) in [5, 5.41) is 0. The topological polar surface area (TPSA) is 63.7 Å². The number of nitrogens with zero attached hydrogens (tertiary/aromatic N) is 1. The minimum atomic E-state index is -1.12. The van der Waals surface area contributed by atoms with Crippen LogP contribution in [0.3, 0.4) is 0 Å². The monoisotopic (exact) mass is 443 g/mol. The Kier molecular flexibility index (Phi) is 3.93. The maximum atomic E-state index is 13.8. The molecular formula is C26H18ClNO4. The molecule has 3 aliphatic carbocycles. The van der Waals surface area contributed by atoms with Crippen LogP contribution in [-0.2, 0) is 19.3 Å². The van der Waals surface area contributed by atoms with E-state index in [0.717, 1.165) is 22.3 Å². The smallest absolute Gasteiger partial charge is 0.308 e. The molecule has 0 spiro atoms. The van der Waals surface area contributed by atoms with Crippen molar-refractivity contribution in [1.29, 1.82) is 0 Å². The minimum Gasteiger partial charge on any atom is -0.427 e. The molecule has 2 atom stereocenters. The quantitative estimate of drug-likeness (QED) is 0.255. The van der Waals surface area contributed by atoms with Crippen LogP contribution >= 0.6 is 11.6 Å². The van der Waals surface area contributed by atoms with Crippen molar-refractivity contribution in [3.05, 3.63) is 95.1 Å². The van der Waals surface area contributed by atoms with Crippen LogP contribution in [0.2, 0.25) is 0 Å². The van der Waals surface area contributed by atoms with Gasteiger partial charge in [-0.25, -0.2) is 4.90 Å². The molecule has 5 nitrogen and oxygen atoms in total. The van der Waals surface area contributed by atoms with Crippen molar-refractivity contribution in [2.75, 3.05) is 4.90 Å². The van der Waals surface area contributed by atoms with Crippen LogP contribution in [0.1, 0.15) is 35.1 Å².